The fraction of sp³-hybridized carbons (Fsp3) is 0.0625. The Morgan fingerprint density at radius 3 is 1.38 bits per heavy atom. The van der Waals surface area contributed by atoms with Crippen LogP contribution in [0, 0.1) is 81.7 Å². The molecule has 0 bridgehead atoms. The Balaban J connectivity index is 2.03. The molecule has 0 heterocycles. The van der Waals surface area contributed by atoms with Crippen molar-refractivity contribution in [2.45, 2.75) is 12.8 Å². The van der Waals surface area contributed by atoms with Crippen molar-refractivity contribution >= 4 is 12.2 Å². The quantitative estimate of drug-likeness (QED) is 0.241. The summed E-state index contributed by atoms with van der Waals surface area (Å²) in [6.07, 6.45) is 2.83. The van der Waals surface area contributed by atoms with Crippen LogP contribution in [0.2, 0.25) is 0 Å². The molecule has 0 atom stereocenters. The van der Waals surface area contributed by atoms with E-state index in [-0.39, 0.29) is 57.6 Å². The molecule has 2 aliphatic rings. The number of allylic oxidation sites excluding steroid dienone is 3. The van der Waals surface area contributed by atoms with Crippen molar-refractivity contribution < 1.29 is 17.6 Å². The zero-order valence-corrected chi connectivity index (χ0v) is 21.1. The van der Waals surface area contributed by atoms with Crippen molar-refractivity contribution in [3.8, 4) is 46.5 Å². The van der Waals surface area contributed by atoms with Gasteiger partial charge in [-0.05, 0) is 86.2 Å². The van der Waals surface area contributed by atoms with E-state index in [1.54, 1.807) is 12.1 Å². The third-order valence-corrected chi connectivity index (χ3v) is 7.09. The second kappa shape index (κ2) is 10.3. The van der Waals surface area contributed by atoms with Crippen LogP contribution in [-0.2, 0) is 12.8 Å². The summed E-state index contributed by atoms with van der Waals surface area (Å²) in [5.74, 6) is -4.84. The Morgan fingerprint density at radius 1 is 0.643 bits per heavy atom. The first-order chi connectivity index (χ1) is 20.2. The molecule has 0 radical (unpaired) electrons. The van der Waals surface area contributed by atoms with Crippen LogP contribution in [0.5, 0.6) is 0 Å². The van der Waals surface area contributed by atoms with Gasteiger partial charge >= 0.3 is 5.82 Å². The zero-order chi connectivity index (χ0) is 30.3. The summed E-state index contributed by atoms with van der Waals surface area (Å²) >= 11 is 0. The zero-order valence-electron chi connectivity index (χ0n) is 21.1. The minimum atomic E-state index is -1.14. The lowest BCUT2D eigenvalue weighted by molar-refractivity contribution is 0.576. The van der Waals surface area contributed by atoms with E-state index < -0.39 is 34.4 Å². The summed E-state index contributed by atoms with van der Waals surface area (Å²) in [6, 6.07) is 10.3. The summed E-state index contributed by atoms with van der Waals surface area (Å²) in [5, 5.41) is 38.0. The first kappa shape index (κ1) is 27.1. The van der Waals surface area contributed by atoms with Crippen molar-refractivity contribution in [3.05, 3.63) is 126 Å². The van der Waals surface area contributed by atoms with Crippen molar-refractivity contribution in [2.24, 2.45) is 0 Å². The number of nitrogens with zero attached hydrogens (tertiary/aromatic N) is 6. The topological polar surface area (TPSA) is 104 Å². The summed E-state index contributed by atoms with van der Waals surface area (Å²) < 4.78 is 59.4. The highest BCUT2D eigenvalue weighted by atomic mass is 19.1. The SMILES string of the molecule is [C-]#[N+]C([N+]#[C-])=C1C=c2c(c(-c3cc(F)c(C#N)c(F)c3)c3c(c2-c2cc(F)c(C#N)c(F)c2)CC(=C(C#N)C#N)C=3)C1. The first-order valence-corrected chi connectivity index (χ1v) is 11.9. The van der Waals surface area contributed by atoms with Crippen molar-refractivity contribution in [1.29, 1.82) is 21.0 Å². The Morgan fingerprint density at radius 2 is 1.02 bits per heavy atom. The maximum atomic E-state index is 14.9. The molecule has 0 amide bonds. The van der Waals surface area contributed by atoms with Gasteiger partial charge in [0, 0.05) is 6.42 Å². The lowest BCUT2D eigenvalue weighted by Gasteiger charge is -2.17. The normalized spacial score (nSPS) is 12.2. The third-order valence-electron chi connectivity index (χ3n) is 7.09. The smallest absolute Gasteiger partial charge is 0.205 e. The Bertz CT molecular complexity index is 2010. The van der Waals surface area contributed by atoms with Crippen LogP contribution in [-0.4, -0.2) is 0 Å². The first-order valence-electron chi connectivity index (χ1n) is 11.9. The number of benzene rings is 3. The van der Waals surface area contributed by atoms with Gasteiger partial charge in [0.05, 0.1) is 5.57 Å². The standard InChI is InChI=1S/C32H10F4N6/c1-41-32(42-2)18-5-22-23(6-18)31(17-9-28(35)25(14-40)29(36)10-17)21-4-15(19(11-37)12-38)3-20(21)30(22)16-7-26(33)24(13-39)27(34)8-16/h3,6-10H,4-5H2. The van der Waals surface area contributed by atoms with E-state index in [2.05, 4.69) is 9.69 Å². The van der Waals surface area contributed by atoms with Gasteiger partial charge in [-0.2, -0.15) is 30.7 Å². The number of nitriles is 4. The van der Waals surface area contributed by atoms with E-state index >= 15 is 0 Å². The maximum Gasteiger partial charge on any atom is 0.522 e. The van der Waals surface area contributed by atoms with E-state index in [1.165, 1.54) is 24.3 Å². The molecule has 0 aromatic heterocycles. The van der Waals surface area contributed by atoms with E-state index in [9.17, 15) is 28.1 Å². The Labute approximate surface area is 235 Å². The third kappa shape index (κ3) is 4.06. The molecular weight excluding hydrogens is 544 g/mol. The lowest BCUT2D eigenvalue weighted by Crippen LogP contribution is -2.23. The predicted molar refractivity (Wildman–Crippen MR) is 141 cm³/mol. The van der Waals surface area contributed by atoms with Crippen LogP contribution in [0.4, 0.5) is 17.6 Å². The Kier molecular flexibility index (Phi) is 6.62. The number of hydrogen-bond donors (Lipinski definition) is 0. The van der Waals surface area contributed by atoms with Gasteiger partial charge in [-0.25, -0.2) is 17.6 Å². The monoisotopic (exact) mass is 554 g/mol. The molecular formula is C32H10F4N6. The molecule has 0 saturated carbocycles. The molecule has 6 nitrogen and oxygen atoms in total. The number of rotatable bonds is 2. The van der Waals surface area contributed by atoms with Gasteiger partial charge in [0.15, 0.2) is 0 Å². The highest BCUT2D eigenvalue weighted by Crippen LogP contribution is 2.36. The summed E-state index contributed by atoms with van der Waals surface area (Å²) in [4.78, 5) is 6.52. The van der Waals surface area contributed by atoms with Gasteiger partial charge in [0.25, 0.3) is 0 Å². The average Bonchev–Trinajstić information content (AvgIpc) is 3.57. The Hall–Kier alpha value is -6.46. The number of hydrogen-bond acceptors (Lipinski definition) is 4. The van der Waals surface area contributed by atoms with Crippen LogP contribution < -0.4 is 10.4 Å². The van der Waals surface area contributed by atoms with Crippen LogP contribution >= 0.6 is 0 Å². The molecule has 42 heavy (non-hydrogen) atoms. The highest BCUT2D eigenvalue weighted by molar-refractivity contribution is 5.87. The van der Waals surface area contributed by atoms with Gasteiger partial charge in [0.2, 0.25) is 0 Å². The van der Waals surface area contributed by atoms with Crippen molar-refractivity contribution in [1.82, 2.24) is 0 Å². The van der Waals surface area contributed by atoms with E-state index in [1.807, 2.05) is 0 Å². The fourth-order valence-electron chi connectivity index (χ4n) is 5.36. The van der Waals surface area contributed by atoms with E-state index in [0.717, 1.165) is 24.3 Å². The van der Waals surface area contributed by atoms with Gasteiger partial charge < -0.3 is 0 Å². The van der Waals surface area contributed by atoms with Crippen molar-refractivity contribution in [2.75, 3.05) is 0 Å². The molecule has 0 N–H and O–H groups in total. The van der Waals surface area contributed by atoms with Crippen LogP contribution in [0.15, 0.2) is 46.8 Å². The number of halogens is 4. The molecule has 0 spiro atoms. The van der Waals surface area contributed by atoms with Crippen molar-refractivity contribution in [3.63, 3.8) is 0 Å². The largest absolute Gasteiger partial charge is 0.522 e. The minimum Gasteiger partial charge on any atom is -0.205 e. The van der Waals surface area contributed by atoms with Gasteiger partial charge in [-0.1, -0.05) is 6.08 Å². The molecule has 3 aromatic carbocycles. The number of fused-ring (bicyclic) bond motifs is 2. The summed E-state index contributed by atoms with van der Waals surface area (Å²) in [6.45, 7) is 14.8. The second-order valence-electron chi connectivity index (χ2n) is 9.23. The summed E-state index contributed by atoms with van der Waals surface area (Å²) in [7, 11) is 0. The molecule has 5 rings (SSSR count). The molecule has 2 aliphatic carbocycles. The van der Waals surface area contributed by atoms with Gasteiger partial charge in [0.1, 0.15) is 77.4 Å². The molecule has 196 valence electrons. The molecule has 0 fully saturated rings. The highest BCUT2D eigenvalue weighted by Gasteiger charge is 2.30. The predicted octanol–water partition coefficient (Wildman–Crippen LogP) is 5.39. The second-order valence-corrected chi connectivity index (χ2v) is 9.23. The maximum absolute atomic E-state index is 14.9. The van der Waals surface area contributed by atoms with Crippen LogP contribution in [0.25, 0.3) is 44.1 Å². The van der Waals surface area contributed by atoms with Crippen LogP contribution in [0.3, 0.4) is 0 Å². The van der Waals surface area contributed by atoms with Gasteiger partial charge in [-0.3, -0.25) is 0 Å². The van der Waals surface area contributed by atoms with Gasteiger partial charge in [-0.15, -0.1) is 0 Å². The lowest BCUT2D eigenvalue weighted by atomic mass is 9.86. The minimum absolute atomic E-state index is 0.00460. The molecule has 10 heteroatoms. The summed E-state index contributed by atoms with van der Waals surface area (Å²) in [5.41, 5.74) is -0.134. The average molecular weight is 554 g/mol. The van der Waals surface area contributed by atoms with E-state index in [4.69, 9.17) is 23.7 Å². The molecule has 0 saturated heterocycles. The molecule has 0 aliphatic heterocycles. The fourth-order valence-corrected chi connectivity index (χ4v) is 5.36. The molecule has 0 unspecified atom stereocenters. The molecule has 3 aromatic rings. The van der Waals surface area contributed by atoms with Crippen LogP contribution in [0.1, 0.15) is 22.3 Å². The van der Waals surface area contributed by atoms with E-state index in [0.29, 0.717) is 21.6 Å².